The second kappa shape index (κ2) is 4.54. The molecular weight excluding hydrogens is 201 g/mol. The van der Waals surface area contributed by atoms with Gasteiger partial charge in [-0.25, -0.2) is 4.39 Å². The fourth-order valence-electron chi connectivity index (χ4n) is 2.85. The van der Waals surface area contributed by atoms with Crippen LogP contribution < -0.4 is 5.32 Å². The van der Waals surface area contributed by atoms with Crippen LogP contribution in [0, 0.1) is 25.6 Å². The molecule has 1 aliphatic carbocycles. The lowest BCUT2D eigenvalue weighted by Gasteiger charge is -2.38. The minimum absolute atomic E-state index is 0.0108. The summed E-state index contributed by atoms with van der Waals surface area (Å²) in [5.41, 5.74) is 3.09. The molecule has 1 N–H and O–H groups in total. The van der Waals surface area contributed by atoms with Crippen molar-refractivity contribution >= 4 is 0 Å². The first-order chi connectivity index (χ1) is 7.63. The van der Waals surface area contributed by atoms with E-state index < -0.39 is 0 Å². The van der Waals surface area contributed by atoms with Crippen molar-refractivity contribution in [1.29, 1.82) is 0 Å². The number of halogens is 1. The third kappa shape index (κ3) is 1.99. The molecule has 0 aromatic heterocycles. The van der Waals surface area contributed by atoms with Gasteiger partial charge in [0.1, 0.15) is 5.82 Å². The van der Waals surface area contributed by atoms with Crippen LogP contribution in [-0.2, 0) is 0 Å². The van der Waals surface area contributed by atoms with Crippen molar-refractivity contribution in [2.24, 2.45) is 5.92 Å². The van der Waals surface area contributed by atoms with Crippen LogP contribution in [0.1, 0.15) is 35.4 Å². The quantitative estimate of drug-likeness (QED) is 0.826. The van der Waals surface area contributed by atoms with E-state index in [9.17, 15) is 4.39 Å². The maximum atomic E-state index is 14.0. The Bertz CT molecular complexity index is 363. The monoisotopic (exact) mass is 221 g/mol. The van der Waals surface area contributed by atoms with E-state index in [1.165, 1.54) is 6.42 Å². The number of nitrogens with one attached hydrogen (secondary N) is 1. The zero-order valence-electron chi connectivity index (χ0n) is 10.3. The second-order valence-corrected chi connectivity index (χ2v) is 4.98. The van der Waals surface area contributed by atoms with Gasteiger partial charge in [-0.3, -0.25) is 0 Å². The van der Waals surface area contributed by atoms with Gasteiger partial charge in [0.2, 0.25) is 0 Å². The molecule has 0 radical (unpaired) electrons. The van der Waals surface area contributed by atoms with Gasteiger partial charge in [-0.1, -0.05) is 6.07 Å². The third-order valence-corrected chi connectivity index (χ3v) is 3.74. The zero-order valence-corrected chi connectivity index (χ0v) is 10.3. The van der Waals surface area contributed by atoms with Gasteiger partial charge < -0.3 is 5.32 Å². The molecule has 0 bridgehead atoms. The predicted octanol–water partition coefficient (Wildman–Crippen LogP) is 3.16. The van der Waals surface area contributed by atoms with E-state index >= 15 is 0 Å². The molecule has 2 rings (SSSR count). The van der Waals surface area contributed by atoms with Crippen molar-refractivity contribution in [3.63, 3.8) is 0 Å². The highest BCUT2D eigenvalue weighted by Gasteiger charge is 2.34. The Balaban J connectivity index is 2.27. The molecule has 0 heterocycles. The largest absolute Gasteiger partial charge is 0.319 e. The first-order valence-corrected chi connectivity index (χ1v) is 6.04. The Morgan fingerprint density at radius 1 is 1.31 bits per heavy atom. The molecule has 2 atom stereocenters. The van der Waals surface area contributed by atoms with Crippen LogP contribution in [0.2, 0.25) is 0 Å². The summed E-state index contributed by atoms with van der Waals surface area (Å²) in [5.74, 6) is 1.03. The Kier molecular flexibility index (Phi) is 3.29. The van der Waals surface area contributed by atoms with Crippen molar-refractivity contribution in [1.82, 2.24) is 5.32 Å². The van der Waals surface area contributed by atoms with Crippen molar-refractivity contribution in [3.8, 4) is 0 Å². The van der Waals surface area contributed by atoms with Gasteiger partial charge in [0.15, 0.2) is 0 Å². The normalized spacial score (nSPS) is 24.2. The summed E-state index contributed by atoms with van der Waals surface area (Å²) in [5, 5.41) is 3.20. The first kappa shape index (κ1) is 11.6. The van der Waals surface area contributed by atoms with Crippen LogP contribution in [0.25, 0.3) is 0 Å². The van der Waals surface area contributed by atoms with Crippen LogP contribution in [-0.4, -0.2) is 13.6 Å². The van der Waals surface area contributed by atoms with Gasteiger partial charge in [-0.15, -0.1) is 0 Å². The molecule has 1 aromatic carbocycles. The van der Waals surface area contributed by atoms with Crippen molar-refractivity contribution < 1.29 is 4.39 Å². The van der Waals surface area contributed by atoms with E-state index in [-0.39, 0.29) is 5.82 Å². The van der Waals surface area contributed by atoms with E-state index in [2.05, 4.69) is 11.4 Å². The van der Waals surface area contributed by atoms with Gasteiger partial charge in [-0.2, -0.15) is 0 Å². The van der Waals surface area contributed by atoms with E-state index in [1.54, 1.807) is 6.07 Å². The van der Waals surface area contributed by atoms with E-state index in [1.807, 2.05) is 20.9 Å². The number of rotatable bonds is 3. The number of benzene rings is 1. The van der Waals surface area contributed by atoms with Gasteiger partial charge in [0.25, 0.3) is 0 Å². The summed E-state index contributed by atoms with van der Waals surface area (Å²) in [6.07, 6.45) is 2.35. The molecule has 0 amide bonds. The SMILES string of the molecule is CNCC1CCC1c1c(C)cc(C)cc1F. The van der Waals surface area contributed by atoms with Gasteiger partial charge in [-0.05, 0) is 74.9 Å². The maximum absolute atomic E-state index is 14.0. The summed E-state index contributed by atoms with van der Waals surface area (Å²) in [6.45, 7) is 4.98. The van der Waals surface area contributed by atoms with Crippen LogP contribution in [0.15, 0.2) is 12.1 Å². The molecule has 1 saturated carbocycles. The number of aryl methyl sites for hydroxylation is 2. The van der Waals surface area contributed by atoms with Crippen molar-refractivity contribution in [2.75, 3.05) is 13.6 Å². The number of hydrogen-bond donors (Lipinski definition) is 1. The van der Waals surface area contributed by atoms with E-state index in [0.29, 0.717) is 11.8 Å². The number of hydrogen-bond acceptors (Lipinski definition) is 1. The lowest BCUT2D eigenvalue weighted by molar-refractivity contribution is 0.244. The molecule has 1 fully saturated rings. The van der Waals surface area contributed by atoms with E-state index in [4.69, 9.17) is 0 Å². The Hall–Kier alpha value is -0.890. The molecule has 88 valence electrons. The van der Waals surface area contributed by atoms with Crippen LogP contribution in [0.3, 0.4) is 0 Å². The van der Waals surface area contributed by atoms with Crippen LogP contribution in [0.4, 0.5) is 4.39 Å². The topological polar surface area (TPSA) is 12.0 Å². The lowest BCUT2D eigenvalue weighted by atomic mass is 9.68. The summed E-state index contributed by atoms with van der Waals surface area (Å²) >= 11 is 0. The summed E-state index contributed by atoms with van der Waals surface area (Å²) < 4.78 is 14.0. The summed E-state index contributed by atoms with van der Waals surface area (Å²) in [6, 6.07) is 3.75. The lowest BCUT2D eigenvalue weighted by Crippen LogP contribution is -2.33. The average molecular weight is 221 g/mol. The minimum Gasteiger partial charge on any atom is -0.319 e. The van der Waals surface area contributed by atoms with E-state index in [0.717, 1.165) is 29.7 Å². The Labute approximate surface area is 97.1 Å². The molecule has 16 heavy (non-hydrogen) atoms. The van der Waals surface area contributed by atoms with Crippen LogP contribution >= 0.6 is 0 Å². The molecule has 2 heteroatoms. The summed E-state index contributed by atoms with van der Waals surface area (Å²) in [7, 11) is 1.97. The molecule has 0 saturated heterocycles. The zero-order chi connectivity index (χ0) is 11.7. The second-order valence-electron chi connectivity index (χ2n) is 4.98. The molecule has 1 nitrogen and oxygen atoms in total. The van der Waals surface area contributed by atoms with Gasteiger partial charge in [0.05, 0.1) is 0 Å². The van der Waals surface area contributed by atoms with Crippen LogP contribution in [0.5, 0.6) is 0 Å². The maximum Gasteiger partial charge on any atom is 0.127 e. The fraction of sp³-hybridized carbons (Fsp3) is 0.571. The minimum atomic E-state index is -0.0108. The Morgan fingerprint density at radius 2 is 2.06 bits per heavy atom. The van der Waals surface area contributed by atoms with Crippen molar-refractivity contribution in [3.05, 3.63) is 34.6 Å². The first-order valence-electron chi connectivity index (χ1n) is 6.04. The fourth-order valence-corrected chi connectivity index (χ4v) is 2.85. The van der Waals surface area contributed by atoms with Gasteiger partial charge in [0, 0.05) is 0 Å². The molecule has 0 spiro atoms. The third-order valence-electron chi connectivity index (χ3n) is 3.74. The molecule has 1 aliphatic rings. The molecule has 2 unspecified atom stereocenters. The van der Waals surface area contributed by atoms with Crippen molar-refractivity contribution in [2.45, 2.75) is 32.6 Å². The summed E-state index contributed by atoms with van der Waals surface area (Å²) in [4.78, 5) is 0. The molecular formula is C14H20FN. The molecule has 1 aromatic rings. The molecule has 0 aliphatic heterocycles. The Morgan fingerprint density at radius 3 is 2.56 bits per heavy atom. The highest BCUT2D eigenvalue weighted by molar-refractivity contribution is 5.36. The smallest absolute Gasteiger partial charge is 0.127 e. The van der Waals surface area contributed by atoms with Gasteiger partial charge >= 0.3 is 0 Å². The highest BCUT2D eigenvalue weighted by atomic mass is 19.1. The average Bonchev–Trinajstić information content (AvgIpc) is 2.18. The standard InChI is InChI=1S/C14H20FN/c1-9-6-10(2)14(13(15)7-9)12-5-4-11(12)8-16-3/h6-7,11-12,16H,4-5,8H2,1-3H3. The predicted molar refractivity (Wildman–Crippen MR) is 65.3 cm³/mol. The highest BCUT2D eigenvalue weighted by Crippen LogP contribution is 2.44.